The van der Waals surface area contributed by atoms with Gasteiger partial charge in [-0.3, -0.25) is 14.4 Å². The summed E-state index contributed by atoms with van der Waals surface area (Å²) in [4.78, 5) is 38.2. The fraction of sp³-hybridized carbons (Fsp3) is 0.779. The van der Waals surface area contributed by atoms with Crippen LogP contribution in [0.4, 0.5) is 0 Å². The highest BCUT2D eigenvalue weighted by molar-refractivity contribution is 5.71. The average Bonchev–Trinajstić information content (AvgIpc) is 3.40. The number of unbranched alkanes of at least 4 members (excludes halogenated alkanes) is 35. The first kappa shape index (κ1) is 70.8. The lowest BCUT2D eigenvalue weighted by atomic mass is 10.1. The third kappa shape index (κ3) is 59.7. The van der Waals surface area contributed by atoms with Crippen LogP contribution in [0.5, 0.6) is 0 Å². The van der Waals surface area contributed by atoms with Gasteiger partial charge in [0.1, 0.15) is 13.2 Å². The van der Waals surface area contributed by atoms with E-state index in [2.05, 4.69) is 93.7 Å². The molecule has 0 bridgehead atoms. The van der Waals surface area contributed by atoms with Gasteiger partial charge in [-0.15, -0.1) is 0 Å². The maximum atomic E-state index is 12.9. The third-order valence-electron chi connectivity index (χ3n) is 13.9. The Morgan fingerprint density at radius 3 is 0.757 bits per heavy atom. The Morgan fingerprint density at radius 2 is 0.486 bits per heavy atom. The number of carbonyl (C=O) groups excluding carboxylic acids is 3. The Bertz CT molecular complexity index is 1370. The van der Waals surface area contributed by atoms with Crippen LogP contribution in [0.2, 0.25) is 0 Å². The monoisotopic (exact) mass is 1030 g/mol. The summed E-state index contributed by atoms with van der Waals surface area (Å²) < 4.78 is 16.9. The molecule has 0 amide bonds. The summed E-state index contributed by atoms with van der Waals surface area (Å²) in [6.07, 6.45) is 80.5. The minimum atomic E-state index is -0.783. The molecule has 0 N–H and O–H groups in total. The summed E-state index contributed by atoms with van der Waals surface area (Å²) in [5.41, 5.74) is 0. The summed E-state index contributed by atoms with van der Waals surface area (Å²) in [7, 11) is 0. The van der Waals surface area contributed by atoms with Gasteiger partial charge in [-0.25, -0.2) is 0 Å². The quantitative estimate of drug-likeness (QED) is 0.0261. The molecule has 0 aliphatic rings. The molecule has 0 aromatic rings. The number of hydrogen-bond donors (Lipinski definition) is 0. The highest BCUT2D eigenvalue weighted by Gasteiger charge is 2.19. The molecule has 6 nitrogen and oxygen atoms in total. The Kier molecular flexibility index (Phi) is 59.7. The highest BCUT2D eigenvalue weighted by atomic mass is 16.6. The van der Waals surface area contributed by atoms with Crippen LogP contribution in [-0.4, -0.2) is 37.2 Å². The van der Waals surface area contributed by atoms with Crippen molar-refractivity contribution >= 4 is 17.9 Å². The molecule has 428 valence electrons. The normalized spacial score (nSPS) is 12.5. The van der Waals surface area contributed by atoms with E-state index in [0.29, 0.717) is 19.3 Å². The first-order chi connectivity index (χ1) is 36.5. The Labute approximate surface area is 459 Å². The van der Waals surface area contributed by atoms with Crippen molar-refractivity contribution in [1.82, 2.24) is 0 Å². The van der Waals surface area contributed by atoms with Crippen molar-refractivity contribution < 1.29 is 28.6 Å². The summed E-state index contributed by atoms with van der Waals surface area (Å²) in [6, 6.07) is 0. The number of carbonyl (C=O) groups is 3. The molecule has 0 aromatic carbocycles. The molecule has 0 radical (unpaired) electrons. The smallest absolute Gasteiger partial charge is 0.306 e. The molecule has 0 aliphatic carbocycles. The van der Waals surface area contributed by atoms with E-state index in [1.807, 2.05) is 0 Å². The topological polar surface area (TPSA) is 78.9 Å². The van der Waals surface area contributed by atoms with Crippen LogP contribution in [0, 0.1) is 0 Å². The van der Waals surface area contributed by atoms with Crippen molar-refractivity contribution in [3.8, 4) is 0 Å². The zero-order valence-electron chi connectivity index (χ0n) is 49.1. The van der Waals surface area contributed by atoms with E-state index >= 15 is 0 Å². The lowest BCUT2D eigenvalue weighted by Gasteiger charge is -2.18. The SMILES string of the molecule is CCCCCCC/C=C\C/C=C\C/C=C\CCCCCCCCCCCCC(=O)OCC(COC(=O)CCCCCCCCCCCC)OC(=O)CCCCCCCC/C=C\C/C=C\C/C=C\CCCCCCC. The zero-order valence-corrected chi connectivity index (χ0v) is 49.1. The molecule has 0 aromatic heterocycles. The van der Waals surface area contributed by atoms with Crippen LogP contribution < -0.4 is 0 Å². The van der Waals surface area contributed by atoms with Gasteiger partial charge < -0.3 is 14.2 Å². The van der Waals surface area contributed by atoms with E-state index in [4.69, 9.17) is 14.2 Å². The fourth-order valence-electron chi connectivity index (χ4n) is 9.11. The predicted molar refractivity (Wildman–Crippen MR) is 321 cm³/mol. The van der Waals surface area contributed by atoms with Gasteiger partial charge in [-0.1, -0.05) is 280 Å². The first-order valence-corrected chi connectivity index (χ1v) is 31.9. The molecular formula is C68H120O6. The highest BCUT2D eigenvalue weighted by Crippen LogP contribution is 2.16. The second-order valence-corrected chi connectivity index (χ2v) is 21.3. The number of rotatable bonds is 58. The van der Waals surface area contributed by atoms with Crippen LogP contribution in [-0.2, 0) is 28.6 Å². The second kappa shape index (κ2) is 62.4. The predicted octanol–water partition coefficient (Wildman–Crippen LogP) is 21.7. The molecule has 6 heteroatoms. The molecule has 0 saturated carbocycles. The average molecular weight is 1030 g/mol. The van der Waals surface area contributed by atoms with E-state index < -0.39 is 6.10 Å². The molecule has 0 saturated heterocycles. The van der Waals surface area contributed by atoms with Gasteiger partial charge in [-0.2, -0.15) is 0 Å². The van der Waals surface area contributed by atoms with Crippen molar-refractivity contribution in [3.63, 3.8) is 0 Å². The fourth-order valence-corrected chi connectivity index (χ4v) is 9.11. The molecule has 1 atom stereocenters. The van der Waals surface area contributed by atoms with Gasteiger partial charge in [0.15, 0.2) is 6.10 Å². The van der Waals surface area contributed by atoms with Gasteiger partial charge in [0.05, 0.1) is 0 Å². The Hall–Kier alpha value is -3.15. The zero-order chi connectivity index (χ0) is 53.6. The van der Waals surface area contributed by atoms with Crippen LogP contribution in [0.1, 0.15) is 323 Å². The van der Waals surface area contributed by atoms with Crippen molar-refractivity contribution in [3.05, 3.63) is 72.9 Å². The maximum absolute atomic E-state index is 12.9. The van der Waals surface area contributed by atoms with E-state index in [0.717, 1.165) is 96.3 Å². The summed E-state index contributed by atoms with van der Waals surface area (Å²) >= 11 is 0. The van der Waals surface area contributed by atoms with Crippen molar-refractivity contribution in [1.29, 1.82) is 0 Å². The number of allylic oxidation sites excluding steroid dienone is 12. The van der Waals surface area contributed by atoms with Gasteiger partial charge in [0.2, 0.25) is 0 Å². The molecule has 0 spiro atoms. The Balaban J connectivity index is 4.28. The van der Waals surface area contributed by atoms with Crippen molar-refractivity contribution in [2.75, 3.05) is 13.2 Å². The van der Waals surface area contributed by atoms with E-state index in [-0.39, 0.29) is 31.1 Å². The minimum absolute atomic E-state index is 0.0797. The van der Waals surface area contributed by atoms with Gasteiger partial charge in [0, 0.05) is 19.3 Å². The minimum Gasteiger partial charge on any atom is -0.462 e. The Morgan fingerprint density at radius 1 is 0.270 bits per heavy atom. The second-order valence-electron chi connectivity index (χ2n) is 21.3. The van der Waals surface area contributed by atoms with E-state index in [1.165, 1.54) is 186 Å². The maximum Gasteiger partial charge on any atom is 0.306 e. The molecule has 0 heterocycles. The molecule has 0 aliphatic heterocycles. The van der Waals surface area contributed by atoms with Crippen molar-refractivity contribution in [2.45, 2.75) is 329 Å². The van der Waals surface area contributed by atoms with Crippen LogP contribution in [0.15, 0.2) is 72.9 Å². The van der Waals surface area contributed by atoms with Gasteiger partial charge in [0.25, 0.3) is 0 Å². The lowest BCUT2D eigenvalue weighted by Crippen LogP contribution is -2.30. The third-order valence-corrected chi connectivity index (χ3v) is 13.9. The van der Waals surface area contributed by atoms with Gasteiger partial charge >= 0.3 is 17.9 Å². The molecule has 0 rings (SSSR count). The molecule has 74 heavy (non-hydrogen) atoms. The number of ether oxygens (including phenoxy) is 3. The van der Waals surface area contributed by atoms with E-state index in [1.54, 1.807) is 0 Å². The van der Waals surface area contributed by atoms with Gasteiger partial charge in [-0.05, 0) is 96.3 Å². The largest absolute Gasteiger partial charge is 0.462 e. The summed E-state index contributed by atoms with van der Waals surface area (Å²) in [5, 5.41) is 0. The molecule has 0 fully saturated rings. The summed E-state index contributed by atoms with van der Waals surface area (Å²) in [6.45, 7) is 6.62. The molecular weight excluding hydrogens is 913 g/mol. The number of esters is 3. The lowest BCUT2D eigenvalue weighted by molar-refractivity contribution is -0.167. The van der Waals surface area contributed by atoms with Crippen molar-refractivity contribution in [2.24, 2.45) is 0 Å². The van der Waals surface area contributed by atoms with E-state index in [9.17, 15) is 14.4 Å². The van der Waals surface area contributed by atoms with Crippen LogP contribution in [0.3, 0.4) is 0 Å². The molecule has 1 unspecified atom stereocenters. The summed E-state index contributed by atoms with van der Waals surface area (Å²) in [5.74, 6) is -0.885. The first-order valence-electron chi connectivity index (χ1n) is 31.9. The number of hydrogen-bond acceptors (Lipinski definition) is 6. The van der Waals surface area contributed by atoms with Crippen LogP contribution in [0.25, 0.3) is 0 Å². The standard InChI is InChI=1S/C68H120O6/c1-4-7-10-13-16-19-22-24-26-28-30-32-33-34-35-37-38-40-42-44-46-49-52-55-58-61-67(70)73-64-65(63-72-66(69)60-57-54-51-48-21-18-15-12-9-6-3)74-68(71)62-59-56-53-50-47-45-43-41-39-36-31-29-27-25-23-20-17-14-11-8-5-2/h22-25,28-31,33-34,39,41,65H,4-21,26-27,32,35-38,40,42-64H2,1-3H3/b24-22-,25-23-,30-28-,31-29-,34-33-,41-39-. The van der Waals surface area contributed by atoms with Crippen LogP contribution >= 0.6 is 0 Å².